The van der Waals surface area contributed by atoms with Gasteiger partial charge < -0.3 is 10.2 Å². The van der Waals surface area contributed by atoms with Gasteiger partial charge in [-0.15, -0.1) is 0 Å². The van der Waals surface area contributed by atoms with Gasteiger partial charge in [0.1, 0.15) is 0 Å². The van der Waals surface area contributed by atoms with Crippen molar-refractivity contribution in [3.05, 3.63) is 0 Å². The van der Waals surface area contributed by atoms with Crippen LogP contribution < -0.4 is 5.32 Å². The van der Waals surface area contributed by atoms with E-state index < -0.39 is 12.0 Å². The van der Waals surface area contributed by atoms with Gasteiger partial charge in [0.25, 0.3) is 5.92 Å². The van der Waals surface area contributed by atoms with E-state index in [9.17, 15) is 8.78 Å². The number of piperidine rings is 1. The lowest BCUT2D eigenvalue weighted by Crippen LogP contribution is -2.61. The van der Waals surface area contributed by atoms with Crippen molar-refractivity contribution in [2.45, 2.75) is 18.4 Å². The zero-order valence-corrected chi connectivity index (χ0v) is 9.18. The van der Waals surface area contributed by atoms with E-state index >= 15 is 0 Å². The van der Waals surface area contributed by atoms with E-state index in [1.165, 1.54) is 0 Å². The Balaban J connectivity index is 1.96. The molecule has 5 heteroatoms. The molecule has 2 saturated heterocycles. The van der Waals surface area contributed by atoms with Crippen LogP contribution in [0, 0.1) is 0 Å². The van der Waals surface area contributed by atoms with Gasteiger partial charge in [0, 0.05) is 45.7 Å². The molecule has 1 atom stereocenters. The van der Waals surface area contributed by atoms with Gasteiger partial charge in [-0.2, -0.15) is 0 Å². The van der Waals surface area contributed by atoms with Crippen molar-refractivity contribution < 1.29 is 8.78 Å². The SMILES string of the molecule is CN1CCN([C@H]2CNCCC2(F)F)CC1. The second kappa shape index (κ2) is 4.31. The molecule has 0 bridgehead atoms. The Labute approximate surface area is 89.4 Å². The van der Waals surface area contributed by atoms with E-state index in [4.69, 9.17) is 0 Å². The van der Waals surface area contributed by atoms with Crippen molar-refractivity contribution in [3.8, 4) is 0 Å². The molecule has 0 aromatic heterocycles. The molecule has 2 fully saturated rings. The number of nitrogens with one attached hydrogen (secondary N) is 1. The first-order chi connectivity index (χ1) is 7.09. The van der Waals surface area contributed by atoms with Gasteiger partial charge in [-0.1, -0.05) is 0 Å². The topological polar surface area (TPSA) is 18.5 Å². The van der Waals surface area contributed by atoms with E-state index in [1.54, 1.807) is 0 Å². The summed E-state index contributed by atoms with van der Waals surface area (Å²) in [5.41, 5.74) is 0. The second-order valence-corrected chi connectivity index (χ2v) is 4.57. The highest BCUT2D eigenvalue weighted by atomic mass is 19.3. The number of hydrogen-bond donors (Lipinski definition) is 1. The van der Waals surface area contributed by atoms with Gasteiger partial charge in [0.15, 0.2) is 0 Å². The Kier molecular flexibility index (Phi) is 3.23. The van der Waals surface area contributed by atoms with Gasteiger partial charge >= 0.3 is 0 Å². The van der Waals surface area contributed by atoms with Crippen LogP contribution >= 0.6 is 0 Å². The van der Waals surface area contributed by atoms with Gasteiger partial charge in [-0.3, -0.25) is 4.90 Å². The molecule has 0 aromatic carbocycles. The lowest BCUT2D eigenvalue weighted by Gasteiger charge is -2.43. The molecule has 0 unspecified atom stereocenters. The summed E-state index contributed by atoms with van der Waals surface area (Å²) < 4.78 is 27.3. The summed E-state index contributed by atoms with van der Waals surface area (Å²) in [5, 5.41) is 3.06. The van der Waals surface area contributed by atoms with Crippen LogP contribution in [0.15, 0.2) is 0 Å². The highest BCUT2D eigenvalue weighted by Gasteiger charge is 2.45. The van der Waals surface area contributed by atoms with Gasteiger partial charge in [-0.25, -0.2) is 8.78 Å². The van der Waals surface area contributed by atoms with Crippen LogP contribution in [0.2, 0.25) is 0 Å². The van der Waals surface area contributed by atoms with Crippen molar-refractivity contribution in [2.75, 3.05) is 46.3 Å². The maximum atomic E-state index is 13.7. The van der Waals surface area contributed by atoms with Crippen molar-refractivity contribution in [3.63, 3.8) is 0 Å². The molecule has 0 radical (unpaired) electrons. The van der Waals surface area contributed by atoms with Crippen LogP contribution in [-0.2, 0) is 0 Å². The van der Waals surface area contributed by atoms with E-state index in [1.807, 2.05) is 11.9 Å². The van der Waals surface area contributed by atoms with Crippen molar-refractivity contribution in [1.29, 1.82) is 0 Å². The number of nitrogens with zero attached hydrogens (tertiary/aromatic N) is 2. The Morgan fingerprint density at radius 3 is 2.47 bits per heavy atom. The predicted octanol–water partition coefficient (Wildman–Crippen LogP) is 0.231. The second-order valence-electron chi connectivity index (χ2n) is 4.57. The molecule has 15 heavy (non-hydrogen) atoms. The van der Waals surface area contributed by atoms with Crippen LogP contribution in [-0.4, -0.2) is 68.1 Å². The first-order valence-electron chi connectivity index (χ1n) is 5.61. The summed E-state index contributed by atoms with van der Waals surface area (Å²) in [7, 11) is 2.04. The number of piperazine rings is 1. The van der Waals surface area contributed by atoms with E-state index in [0.29, 0.717) is 13.1 Å². The summed E-state index contributed by atoms with van der Waals surface area (Å²) >= 11 is 0. The van der Waals surface area contributed by atoms with Crippen LogP contribution in [0.3, 0.4) is 0 Å². The van der Waals surface area contributed by atoms with Crippen molar-refractivity contribution in [1.82, 2.24) is 15.1 Å². The van der Waals surface area contributed by atoms with Gasteiger partial charge in [0.2, 0.25) is 0 Å². The average Bonchev–Trinajstić information content (AvgIpc) is 2.19. The lowest BCUT2D eigenvalue weighted by atomic mass is 10.0. The lowest BCUT2D eigenvalue weighted by molar-refractivity contribution is -0.106. The minimum Gasteiger partial charge on any atom is -0.315 e. The van der Waals surface area contributed by atoms with E-state index in [0.717, 1.165) is 26.2 Å². The molecule has 2 rings (SSSR count). The molecule has 2 aliphatic heterocycles. The number of halogens is 2. The molecular weight excluding hydrogens is 200 g/mol. The Morgan fingerprint density at radius 2 is 1.87 bits per heavy atom. The fraction of sp³-hybridized carbons (Fsp3) is 1.00. The molecule has 3 nitrogen and oxygen atoms in total. The minimum absolute atomic E-state index is 0.0238. The minimum atomic E-state index is -2.51. The summed E-state index contributed by atoms with van der Waals surface area (Å²) in [4.78, 5) is 4.12. The maximum Gasteiger partial charge on any atom is 0.265 e. The molecule has 88 valence electrons. The van der Waals surface area contributed by atoms with Crippen LogP contribution in [0.1, 0.15) is 6.42 Å². The molecule has 2 aliphatic rings. The first kappa shape index (κ1) is 11.2. The smallest absolute Gasteiger partial charge is 0.265 e. The van der Waals surface area contributed by atoms with E-state index in [2.05, 4.69) is 10.2 Å². The summed E-state index contributed by atoms with van der Waals surface area (Å²) in [6.45, 7) is 4.18. The monoisotopic (exact) mass is 219 g/mol. The van der Waals surface area contributed by atoms with Crippen LogP contribution in [0.5, 0.6) is 0 Å². The molecule has 1 N–H and O–H groups in total. The largest absolute Gasteiger partial charge is 0.315 e. The fourth-order valence-electron chi connectivity index (χ4n) is 2.34. The molecule has 0 spiro atoms. The normalized spacial score (nSPS) is 34.2. The zero-order chi connectivity index (χ0) is 10.9. The number of likely N-dealkylation sites (N-methyl/N-ethyl adjacent to an activating group) is 1. The van der Waals surface area contributed by atoms with Crippen LogP contribution in [0.4, 0.5) is 8.78 Å². The quantitative estimate of drug-likeness (QED) is 0.681. The standard InChI is InChI=1S/C10H19F2N3/c1-14-4-6-15(7-5-14)9-8-13-3-2-10(9,11)12/h9,13H,2-8H2,1H3/t9-/m0/s1. The third-order valence-corrected chi connectivity index (χ3v) is 3.44. The molecule has 0 aliphatic carbocycles. The number of hydrogen-bond acceptors (Lipinski definition) is 3. The van der Waals surface area contributed by atoms with Crippen LogP contribution in [0.25, 0.3) is 0 Å². The highest BCUT2D eigenvalue weighted by molar-refractivity contribution is 4.93. The molecular formula is C10H19F2N3. The molecule has 2 heterocycles. The average molecular weight is 219 g/mol. The first-order valence-corrected chi connectivity index (χ1v) is 5.61. The van der Waals surface area contributed by atoms with Gasteiger partial charge in [0.05, 0.1) is 6.04 Å². The maximum absolute atomic E-state index is 13.7. The third kappa shape index (κ3) is 2.46. The molecule has 0 saturated carbocycles. The predicted molar refractivity (Wildman–Crippen MR) is 55.3 cm³/mol. The van der Waals surface area contributed by atoms with Crippen molar-refractivity contribution in [2.24, 2.45) is 0 Å². The summed E-state index contributed by atoms with van der Waals surface area (Å²) in [6, 6.07) is -0.597. The highest BCUT2D eigenvalue weighted by Crippen LogP contribution is 2.29. The molecule has 0 amide bonds. The number of alkyl halides is 2. The Morgan fingerprint density at radius 1 is 1.20 bits per heavy atom. The van der Waals surface area contributed by atoms with Gasteiger partial charge in [-0.05, 0) is 7.05 Å². The molecule has 0 aromatic rings. The Hall–Kier alpha value is -0.260. The van der Waals surface area contributed by atoms with E-state index in [-0.39, 0.29) is 6.42 Å². The van der Waals surface area contributed by atoms with Crippen molar-refractivity contribution >= 4 is 0 Å². The fourth-order valence-corrected chi connectivity index (χ4v) is 2.34. The number of rotatable bonds is 1. The Bertz CT molecular complexity index is 215. The zero-order valence-electron chi connectivity index (χ0n) is 9.18. The summed E-state index contributed by atoms with van der Waals surface area (Å²) in [6.07, 6.45) is -0.0238. The summed E-state index contributed by atoms with van der Waals surface area (Å²) in [5.74, 6) is -2.51. The third-order valence-electron chi connectivity index (χ3n) is 3.44.